The number of unbranched alkanes of at least 4 members (excludes halogenated alkanes) is 1. The van der Waals surface area contributed by atoms with E-state index in [1.807, 2.05) is 19.1 Å². The van der Waals surface area contributed by atoms with Crippen LogP contribution in [0, 0.1) is 12.8 Å². The number of halogens is 2. The van der Waals surface area contributed by atoms with E-state index in [-0.39, 0.29) is 17.9 Å². The third-order valence-electron chi connectivity index (χ3n) is 6.91. The zero-order valence-electron chi connectivity index (χ0n) is 21.4. The van der Waals surface area contributed by atoms with Crippen LogP contribution in [0.4, 0.5) is 0 Å². The molecule has 1 fully saturated rings. The number of ether oxygens (including phenoxy) is 4. The number of rotatable bonds is 10. The average molecular weight is 537 g/mol. The smallest absolute Gasteiger partial charge is 0.256 e. The van der Waals surface area contributed by atoms with E-state index in [2.05, 4.69) is 11.9 Å². The van der Waals surface area contributed by atoms with E-state index in [1.165, 1.54) is 0 Å². The van der Waals surface area contributed by atoms with Crippen molar-refractivity contribution in [1.82, 2.24) is 9.88 Å². The Bertz CT molecular complexity index is 1100. The van der Waals surface area contributed by atoms with E-state index in [9.17, 15) is 4.79 Å². The number of carbonyl (C=O) groups excluding carboxylic acids is 1. The van der Waals surface area contributed by atoms with Gasteiger partial charge in [-0.1, -0.05) is 36.5 Å². The number of carbonyl (C=O) groups is 1. The largest absolute Gasteiger partial charge is 0.496 e. The number of methoxy groups -OCH3 is 2. The number of aryl methyl sites for hydroxylation is 1. The van der Waals surface area contributed by atoms with Gasteiger partial charge in [0.25, 0.3) is 5.91 Å². The third-order valence-corrected chi connectivity index (χ3v) is 7.66. The molecule has 36 heavy (non-hydrogen) atoms. The first kappa shape index (κ1) is 27.0. The van der Waals surface area contributed by atoms with Crippen LogP contribution in [0.15, 0.2) is 12.1 Å². The highest BCUT2D eigenvalue weighted by Crippen LogP contribution is 2.42. The van der Waals surface area contributed by atoms with Gasteiger partial charge in [-0.2, -0.15) is 0 Å². The first-order valence-electron chi connectivity index (χ1n) is 12.5. The molecule has 7 nitrogen and oxygen atoms in total. The molecule has 0 bridgehead atoms. The average Bonchev–Trinajstić information content (AvgIpc) is 3.39. The van der Waals surface area contributed by atoms with E-state index >= 15 is 0 Å². The topological polar surface area (TPSA) is 70.1 Å². The van der Waals surface area contributed by atoms with Gasteiger partial charge < -0.3 is 23.8 Å². The fourth-order valence-corrected chi connectivity index (χ4v) is 5.64. The van der Waals surface area contributed by atoms with Crippen molar-refractivity contribution < 1.29 is 23.7 Å². The van der Waals surface area contributed by atoms with Crippen LogP contribution in [0.3, 0.4) is 0 Å². The SMILES string of the molecule is CCCCOc1nc(C)cc(OC)c1CN1CCc2c(Cl)cc(C(OC)C3CCOC3)c(Cl)c2C1=O. The second kappa shape index (κ2) is 12.0. The van der Waals surface area contributed by atoms with E-state index in [4.69, 9.17) is 42.1 Å². The molecule has 2 unspecified atom stereocenters. The molecule has 2 aromatic rings. The normalized spacial score (nSPS) is 18.3. The minimum atomic E-state index is -0.300. The summed E-state index contributed by atoms with van der Waals surface area (Å²) >= 11 is 13.6. The molecule has 0 aliphatic carbocycles. The Balaban J connectivity index is 1.68. The Morgan fingerprint density at radius 2 is 2.08 bits per heavy atom. The number of aromatic nitrogens is 1. The number of nitrogens with zero attached hydrogens (tertiary/aromatic N) is 2. The van der Waals surface area contributed by atoms with Gasteiger partial charge in [0, 0.05) is 48.5 Å². The Kier molecular flexibility index (Phi) is 8.99. The first-order chi connectivity index (χ1) is 17.4. The van der Waals surface area contributed by atoms with Crippen LogP contribution in [0.25, 0.3) is 0 Å². The van der Waals surface area contributed by atoms with Gasteiger partial charge >= 0.3 is 0 Å². The minimum absolute atomic E-state index is 0.155. The van der Waals surface area contributed by atoms with Gasteiger partial charge in [-0.15, -0.1) is 0 Å². The Morgan fingerprint density at radius 3 is 2.75 bits per heavy atom. The molecule has 1 aromatic carbocycles. The lowest BCUT2D eigenvalue weighted by Gasteiger charge is -2.32. The third kappa shape index (κ3) is 5.44. The minimum Gasteiger partial charge on any atom is -0.496 e. The number of benzene rings is 1. The maximum absolute atomic E-state index is 13.8. The first-order valence-corrected chi connectivity index (χ1v) is 13.2. The fraction of sp³-hybridized carbons (Fsp3) is 0.556. The molecular formula is C27H34Cl2N2O5. The van der Waals surface area contributed by atoms with Gasteiger partial charge in [0.1, 0.15) is 5.75 Å². The van der Waals surface area contributed by atoms with E-state index < -0.39 is 0 Å². The zero-order valence-corrected chi connectivity index (χ0v) is 22.9. The van der Waals surface area contributed by atoms with Crippen LogP contribution in [-0.4, -0.2) is 56.4 Å². The van der Waals surface area contributed by atoms with Crippen molar-refractivity contribution in [2.45, 2.75) is 52.2 Å². The van der Waals surface area contributed by atoms with Crippen molar-refractivity contribution in [2.24, 2.45) is 5.92 Å². The summed E-state index contributed by atoms with van der Waals surface area (Å²) in [5, 5.41) is 0.938. The molecule has 0 saturated carbocycles. The maximum atomic E-state index is 13.8. The van der Waals surface area contributed by atoms with Crippen LogP contribution < -0.4 is 9.47 Å². The number of fused-ring (bicyclic) bond motifs is 1. The molecule has 4 rings (SSSR count). The van der Waals surface area contributed by atoms with Gasteiger partial charge in [0.15, 0.2) is 0 Å². The predicted octanol–water partition coefficient (Wildman–Crippen LogP) is 5.81. The van der Waals surface area contributed by atoms with Crippen LogP contribution in [0.2, 0.25) is 10.0 Å². The lowest BCUT2D eigenvalue weighted by molar-refractivity contribution is 0.0443. The molecule has 2 atom stereocenters. The van der Waals surface area contributed by atoms with E-state index in [0.717, 1.165) is 41.6 Å². The molecule has 0 N–H and O–H groups in total. The van der Waals surface area contributed by atoms with Crippen molar-refractivity contribution in [1.29, 1.82) is 0 Å². The van der Waals surface area contributed by atoms with Crippen LogP contribution >= 0.6 is 23.2 Å². The van der Waals surface area contributed by atoms with Gasteiger partial charge in [-0.05, 0) is 37.8 Å². The molecule has 9 heteroatoms. The molecule has 2 aliphatic rings. The van der Waals surface area contributed by atoms with Crippen molar-refractivity contribution >= 4 is 29.1 Å². The second-order valence-electron chi connectivity index (χ2n) is 9.32. The summed E-state index contributed by atoms with van der Waals surface area (Å²) in [6.45, 7) is 6.61. The highest BCUT2D eigenvalue weighted by Gasteiger charge is 2.35. The molecule has 1 saturated heterocycles. The summed E-state index contributed by atoms with van der Waals surface area (Å²) in [6.07, 6.45) is 3.08. The fourth-order valence-electron chi connectivity index (χ4n) is 4.97. The summed E-state index contributed by atoms with van der Waals surface area (Å²) in [4.78, 5) is 20.2. The lowest BCUT2D eigenvalue weighted by atomic mass is 9.89. The van der Waals surface area contributed by atoms with Crippen LogP contribution in [0.5, 0.6) is 11.6 Å². The Labute approximate surface area is 223 Å². The molecular weight excluding hydrogens is 503 g/mol. The van der Waals surface area contributed by atoms with E-state index in [1.54, 1.807) is 19.1 Å². The Morgan fingerprint density at radius 1 is 1.28 bits per heavy atom. The maximum Gasteiger partial charge on any atom is 0.256 e. The molecule has 196 valence electrons. The van der Waals surface area contributed by atoms with Crippen LogP contribution in [-0.2, 0) is 22.4 Å². The number of pyridine rings is 1. The van der Waals surface area contributed by atoms with Crippen molar-refractivity contribution in [3.8, 4) is 11.6 Å². The zero-order chi connectivity index (χ0) is 25.8. The van der Waals surface area contributed by atoms with Crippen molar-refractivity contribution in [3.05, 3.63) is 50.1 Å². The summed E-state index contributed by atoms with van der Waals surface area (Å²) in [5.41, 5.74) is 3.48. The van der Waals surface area contributed by atoms with Gasteiger partial charge in [-0.25, -0.2) is 4.98 Å². The lowest BCUT2D eigenvalue weighted by Crippen LogP contribution is -2.38. The molecule has 2 aliphatic heterocycles. The highest BCUT2D eigenvalue weighted by molar-refractivity contribution is 6.37. The molecule has 1 amide bonds. The summed E-state index contributed by atoms with van der Waals surface area (Å²) in [7, 11) is 3.26. The summed E-state index contributed by atoms with van der Waals surface area (Å²) in [6, 6.07) is 3.71. The van der Waals surface area contributed by atoms with E-state index in [0.29, 0.717) is 66.6 Å². The number of hydrogen-bond donors (Lipinski definition) is 0. The van der Waals surface area contributed by atoms with Crippen LogP contribution in [0.1, 0.15) is 65.0 Å². The standard InChI is InChI=1S/C27H34Cl2N2O5/c1-5-6-10-36-26-20(22(33-3)12-16(2)30-26)14-31-9-7-18-21(28)13-19(24(29)23(18)27(31)32)25(34-4)17-8-11-35-15-17/h12-13,17,25H,5-11,14-15H2,1-4H3. The quantitative estimate of drug-likeness (QED) is 0.357. The number of hydrogen-bond acceptors (Lipinski definition) is 6. The predicted molar refractivity (Wildman–Crippen MR) is 140 cm³/mol. The molecule has 0 radical (unpaired) electrons. The van der Waals surface area contributed by atoms with Crippen molar-refractivity contribution in [2.75, 3.05) is 40.6 Å². The highest BCUT2D eigenvalue weighted by atomic mass is 35.5. The van der Waals surface area contributed by atoms with Gasteiger partial charge in [-0.3, -0.25) is 4.79 Å². The summed E-state index contributed by atoms with van der Waals surface area (Å²) in [5.74, 6) is 1.12. The molecule has 3 heterocycles. The molecule has 0 spiro atoms. The summed E-state index contributed by atoms with van der Waals surface area (Å²) < 4.78 is 23.0. The number of amides is 1. The van der Waals surface area contributed by atoms with Crippen molar-refractivity contribution in [3.63, 3.8) is 0 Å². The van der Waals surface area contributed by atoms with Gasteiger partial charge in [0.05, 0.1) is 49.1 Å². The second-order valence-corrected chi connectivity index (χ2v) is 10.1. The monoisotopic (exact) mass is 536 g/mol. The Hall–Kier alpha value is -2.06. The van der Waals surface area contributed by atoms with Gasteiger partial charge in [0.2, 0.25) is 5.88 Å². The molecule has 1 aromatic heterocycles.